The highest BCUT2D eigenvalue weighted by Crippen LogP contribution is 2.15. The van der Waals surface area contributed by atoms with E-state index in [2.05, 4.69) is 20.8 Å². The standard InChI is InChI=1S/C13H18N2O3.C9H20.C2H6/c1-11(16)14-7-9-15(10-8-14)13(17)18-12-5-3-2-4-6-12;1-4-7-8-9(5-2)6-3;1-2/h3,5-6H,2,4,7-10H2,1H3;9H,4-8H2,1-3H3;1-2H3. The molecule has 1 saturated heterocycles. The van der Waals surface area contributed by atoms with Crippen molar-refractivity contribution in [1.82, 2.24) is 9.80 Å². The van der Waals surface area contributed by atoms with Gasteiger partial charge >= 0.3 is 6.09 Å². The largest absolute Gasteiger partial charge is 0.415 e. The summed E-state index contributed by atoms with van der Waals surface area (Å²) in [6.07, 6.45) is 14.3. The first-order chi connectivity index (χ1) is 14.0. The Morgan fingerprint density at radius 3 is 2.03 bits per heavy atom. The molecule has 0 N–H and O–H groups in total. The summed E-state index contributed by atoms with van der Waals surface area (Å²) in [5, 5.41) is 0. The number of amides is 2. The van der Waals surface area contributed by atoms with E-state index in [0.717, 1.165) is 18.8 Å². The van der Waals surface area contributed by atoms with Gasteiger partial charge in [-0.25, -0.2) is 4.79 Å². The molecule has 2 rings (SSSR count). The molecule has 2 aliphatic rings. The number of rotatable bonds is 6. The lowest BCUT2D eigenvalue weighted by Gasteiger charge is -2.33. The van der Waals surface area contributed by atoms with E-state index in [-0.39, 0.29) is 12.0 Å². The maximum absolute atomic E-state index is 11.9. The minimum Gasteiger partial charge on any atom is -0.411 e. The second-order valence-electron chi connectivity index (χ2n) is 7.27. The maximum atomic E-state index is 11.9. The first-order valence-electron chi connectivity index (χ1n) is 11.6. The molecule has 5 heteroatoms. The smallest absolute Gasteiger partial charge is 0.411 e. The average Bonchev–Trinajstić information content (AvgIpc) is 2.77. The van der Waals surface area contributed by atoms with Gasteiger partial charge in [0.25, 0.3) is 0 Å². The summed E-state index contributed by atoms with van der Waals surface area (Å²) in [7, 11) is 0. The third-order valence-corrected chi connectivity index (χ3v) is 5.27. The molecule has 0 aromatic carbocycles. The highest BCUT2D eigenvalue weighted by molar-refractivity contribution is 5.74. The van der Waals surface area contributed by atoms with Crippen molar-refractivity contribution in [3.8, 4) is 0 Å². The number of carbonyl (C=O) groups excluding carboxylic acids is 2. The Kier molecular flexibility index (Phi) is 16.1. The van der Waals surface area contributed by atoms with Gasteiger partial charge < -0.3 is 14.5 Å². The molecular formula is C24H44N2O3. The van der Waals surface area contributed by atoms with Gasteiger partial charge in [-0.05, 0) is 30.9 Å². The van der Waals surface area contributed by atoms with E-state index in [0.29, 0.717) is 31.9 Å². The van der Waals surface area contributed by atoms with Gasteiger partial charge in [0.05, 0.1) is 0 Å². The zero-order valence-corrected chi connectivity index (χ0v) is 19.7. The molecule has 29 heavy (non-hydrogen) atoms. The van der Waals surface area contributed by atoms with Crippen molar-refractivity contribution in [3.05, 3.63) is 24.0 Å². The van der Waals surface area contributed by atoms with Crippen LogP contribution in [0.25, 0.3) is 0 Å². The van der Waals surface area contributed by atoms with E-state index in [9.17, 15) is 9.59 Å². The zero-order valence-electron chi connectivity index (χ0n) is 19.7. The van der Waals surface area contributed by atoms with Gasteiger partial charge in [-0.1, -0.05) is 72.8 Å². The fraction of sp³-hybridized carbons (Fsp3) is 0.750. The summed E-state index contributed by atoms with van der Waals surface area (Å²) < 4.78 is 5.28. The van der Waals surface area contributed by atoms with Crippen LogP contribution in [0.3, 0.4) is 0 Å². The van der Waals surface area contributed by atoms with Gasteiger partial charge in [-0.3, -0.25) is 4.79 Å². The molecule has 0 saturated carbocycles. The van der Waals surface area contributed by atoms with Crippen molar-refractivity contribution >= 4 is 12.0 Å². The Labute approximate surface area is 179 Å². The lowest BCUT2D eigenvalue weighted by atomic mass is 9.97. The number of hydrogen-bond acceptors (Lipinski definition) is 3. The Bertz CT molecular complexity index is 502. The maximum Gasteiger partial charge on any atom is 0.415 e. The molecular weight excluding hydrogens is 364 g/mol. The number of hydrogen-bond donors (Lipinski definition) is 0. The molecule has 1 fully saturated rings. The number of piperazine rings is 1. The number of carbonyl (C=O) groups is 2. The predicted molar refractivity (Wildman–Crippen MR) is 122 cm³/mol. The van der Waals surface area contributed by atoms with Crippen molar-refractivity contribution in [3.63, 3.8) is 0 Å². The first-order valence-corrected chi connectivity index (χ1v) is 11.6. The summed E-state index contributed by atoms with van der Waals surface area (Å²) in [4.78, 5) is 26.4. The molecule has 0 aromatic heterocycles. The Morgan fingerprint density at radius 2 is 1.59 bits per heavy atom. The predicted octanol–water partition coefficient (Wildman–Crippen LogP) is 6.16. The van der Waals surface area contributed by atoms with E-state index in [1.165, 1.54) is 32.1 Å². The summed E-state index contributed by atoms with van der Waals surface area (Å²) >= 11 is 0. The third kappa shape index (κ3) is 11.7. The van der Waals surface area contributed by atoms with E-state index in [1.807, 2.05) is 32.1 Å². The topological polar surface area (TPSA) is 49.9 Å². The van der Waals surface area contributed by atoms with Crippen LogP contribution in [-0.4, -0.2) is 48.0 Å². The van der Waals surface area contributed by atoms with Crippen LogP contribution in [0, 0.1) is 5.92 Å². The van der Waals surface area contributed by atoms with E-state index in [1.54, 1.807) is 16.7 Å². The van der Waals surface area contributed by atoms with Crippen LogP contribution in [0.15, 0.2) is 24.0 Å². The molecule has 0 aromatic rings. The van der Waals surface area contributed by atoms with Gasteiger partial charge in [0.1, 0.15) is 5.76 Å². The minimum atomic E-state index is -0.323. The van der Waals surface area contributed by atoms with Crippen LogP contribution < -0.4 is 0 Å². The number of allylic oxidation sites excluding steroid dienone is 3. The molecule has 2 amide bonds. The number of unbranched alkanes of at least 4 members (excludes halogenated alkanes) is 1. The summed E-state index contributed by atoms with van der Waals surface area (Å²) in [6.45, 7) is 14.6. The molecule has 1 aliphatic carbocycles. The van der Waals surface area contributed by atoms with E-state index in [4.69, 9.17) is 4.74 Å². The van der Waals surface area contributed by atoms with Gasteiger partial charge in [0.2, 0.25) is 5.91 Å². The Hall–Kier alpha value is -1.78. The van der Waals surface area contributed by atoms with Gasteiger partial charge in [-0.15, -0.1) is 0 Å². The lowest BCUT2D eigenvalue weighted by Crippen LogP contribution is -2.50. The summed E-state index contributed by atoms with van der Waals surface area (Å²) in [6, 6.07) is 0. The van der Waals surface area contributed by atoms with E-state index < -0.39 is 0 Å². The van der Waals surface area contributed by atoms with Gasteiger partial charge in [0.15, 0.2) is 0 Å². The highest BCUT2D eigenvalue weighted by Gasteiger charge is 2.23. The van der Waals surface area contributed by atoms with Crippen LogP contribution in [-0.2, 0) is 9.53 Å². The summed E-state index contributed by atoms with van der Waals surface area (Å²) in [5.41, 5.74) is 0. The van der Waals surface area contributed by atoms with E-state index >= 15 is 0 Å². The van der Waals surface area contributed by atoms with Crippen molar-refractivity contribution in [2.45, 2.75) is 86.5 Å². The van der Waals surface area contributed by atoms with Crippen LogP contribution >= 0.6 is 0 Å². The fourth-order valence-electron chi connectivity index (χ4n) is 3.22. The average molecular weight is 409 g/mol. The third-order valence-electron chi connectivity index (χ3n) is 5.27. The van der Waals surface area contributed by atoms with Crippen molar-refractivity contribution < 1.29 is 14.3 Å². The summed E-state index contributed by atoms with van der Waals surface area (Å²) in [5.74, 6) is 1.69. The second-order valence-corrected chi connectivity index (χ2v) is 7.27. The van der Waals surface area contributed by atoms with Gasteiger partial charge in [0, 0.05) is 33.1 Å². The SMILES string of the molecule is CC.CC(=O)N1CCN(C(=O)OC2=CCCC=C2)CC1.CCCCC(CC)CC. The highest BCUT2D eigenvalue weighted by atomic mass is 16.6. The zero-order chi connectivity index (χ0) is 22.1. The molecule has 168 valence electrons. The molecule has 0 bridgehead atoms. The normalized spacial score (nSPS) is 15.6. The van der Waals surface area contributed by atoms with Gasteiger partial charge in [-0.2, -0.15) is 0 Å². The Morgan fingerprint density at radius 1 is 1.00 bits per heavy atom. The van der Waals surface area contributed by atoms with Crippen molar-refractivity contribution in [2.24, 2.45) is 5.92 Å². The quantitative estimate of drug-likeness (QED) is 0.529. The molecule has 1 heterocycles. The van der Waals surface area contributed by atoms with Crippen molar-refractivity contribution in [2.75, 3.05) is 26.2 Å². The first kappa shape index (κ1) is 27.2. The Balaban J connectivity index is 0.000000606. The number of nitrogens with zero attached hydrogens (tertiary/aromatic N) is 2. The minimum absolute atomic E-state index is 0.0564. The van der Waals surface area contributed by atoms with Crippen LogP contribution in [0.4, 0.5) is 4.79 Å². The monoisotopic (exact) mass is 408 g/mol. The molecule has 5 nitrogen and oxygen atoms in total. The molecule has 0 spiro atoms. The molecule has 0 atom stereocenters. The van der Waals surface area contributed by atoms with Crippen LogP contribution in [0.2, 0.25) is 0 Å². The van der Waals surface area contributed by atoms with Crippen LogP contribution in [0.5, 0.6) is 0 Å². The fourth-order valence-corrected chi connectivity index (χ4v) is 3.22. The van der Waals surface area contributed by atoms with Crippen LogP contribution in [0.1, 0.15) is 86.5 Å². The lowest BCUT2D eigenvalue weighted by molar-refractivity contribution is -0.130. The molecule has 0 unspecified atom stereocenters. The molecule has 0 radical (unpaired) electrons. The molecule has 1 aliphatic heterocycles. The number of ether oxygens (including phenoxy) is 1. The second kappa shape index (κ2) is 17.1. The van der Waals surface area contributed by atoms with Crippen molar-refractivity contribution in [1.29, 1.82) is 0 Å².